The Morgan fingerprint density at radius 3 is 2.61 bits per heavy atom. The number of amides is 1. The number of thiophene rings is 1. The van der Waals surface area contributed by atoms with E-state index in [0.717, 1.165) is 48.3 Å². The second kappa shape index (κ2) is 9.45. The SMILES string of the molecule is Cc1cc(/C=C(/C#N)C(=O)Nc2ccc(Cl)c(Cl)c2)c(C)n1-c1c(C#N)sc2c1CCCC2. The minimum absolute atomic E-state index is 0.0332. The Balaban J connectivity index is 1.71. The number of benzene rings is 1. The van der Waals surface area contributed by atoms with Crippen molar-refractivity contribution < 1.29 is 4.79 Å². The second-order valence-corrected chi connectivity index (χ2v) is 9.83. The van der Waals surface area contributed by atoms with Gasteiger partial charge in [-0.1, -0.05) is 23.2 Å². The monoisotopic (exact) mass is 494 g/mol. The number of nitrogens with one attached hydrogen (secondary N) is 1. The highest BCUT2D eigenvalue weighted by Gasteiger charge is 2.24. The van der Waals surface area contributed by atoms with Crippen LogP contribution >= 0.6 is 34.5 Å². The molecule has 2 heterocycles. The van der Waals surface area contributed by atoms with E-state index in [1.165, 1.54) is 16.5 Å². The van der Waals surface area contributed by atoms with E-state index in [2.05, 4.69) is 16.0 Å². The molecule has 3 aromatic rings. The molecule has 0 atom stereocenters. The molecule has 1 aliphatic carbocycles. The average Bonchev–Trinajstić information content (AvgIpc) is 3.30. The van der Waals surface area contributed by atoms with Gasteiger partial charge in [0.1, 0.15) is 22.6 Å². The molecule has 0 radical (unpaired) electrons. The first kappa shape index (κ1) is 23.1. The highest BCUT2D eigenvalue weighted by atomic mass is 35.5. The highest BCUT2D eigenvalue weighted by molar-refractivity contribution is 7.13. The molecule has 0 spiro atoms. The van der Waals surface area contributed by atoms with E-state index in [1.54, 1.807) is 29.5 Å². The maximum absolute atomic E-state index is 12.7. The molecule has 1 amide bonds. The number of carbonyl (C=O) groups excluding carboxylic acids is 1. The van der Waals surface area contributed by atoms with Crippen molar-refractivity contribution in [3.8, 4) is 17.8 Å². The standard InChI is InChI=1S/C25H20Cl2N4OS/c1-14-9-16(10-17(12-28)25(32)30-18-7-8-20(26)21(27)11-18)15(2)31(14)24-19-5-3-4-6-22(19)33-23(24)13-29/h7-11H,3-6H2,1-2H3,(H,30,32)/b17-10-. The zero-order chi connectivity index (χ0) is 23.7. The highest BCUT2D eigenvalue weighted by Crippen LogP contribution is 2.38. The zero-order valence-corrected chi connectivity index (χ0v) is 20.5. The largest absolute Gasteiger partial charge is 0.321 e. The van der Waals surface area contributed by atoms with Crippen LogP contribution in [-0.4, -0.2) is 10.5 Å². The van der Waals surface area contributed by atoms with Crippen molar-refractivity contribution in [2.75, 3.05) is 5.32 Å². The predicted octanol–water partition coefficient (Wildman–Crippen LogP) is 6.76. The van der Waals surface area contributed by atoms with Gasteiger partial charge in [-0.25, -0.2) is 0 Å². The molecule has 0 fully saturated rings. The van der Waals surface area contributed by atoms with Crippen LogP contribution in [0.4, 0.5) is 5.69 Å². The third-order valence-corrected chi connectivity index (χ3v) is 7.71. The molecule has 8 heteroatoms. The zero-order valence-electron chi connectivity index (χ0n) is 18.1. The van der Waals surface area contributed by atoms with Gasteiger partial charge in [0.2, 0.25) is 0 Å². The number of aryl methyl sites for hydroxylation is 2. The molecular weight excluding hydrogens is 475 g/mol. The van der Waals surface area contributed by atoms with Crippen molar-refractivity contribution in [3.63, 3.8) is 0 Å². The average molecular weight is 495 g/mol. The fourth-order valence-electron chi connectivity index (χ4n) is 4.22. The van der Waals surface area contributed by atoms with Crippen LogP contribution in [0.3, 0.4) is 0 Å². The van der Waals surface area contributed by atoms with Crippen molar-refractivity contribution in [1.29, 1.82) is 10.5 Å². The summed E-state index contributed by atoms with van der Waals surface area (Å²) >= 11 is 13.5. The summed E-state index contributed by atoms with van der Waals surface area (Å²) in [7, 11) is 0. The van der Waals surface area contributed by atoms with E-state index < -0.39 is 5.91 Å². The lowest BCUT2D eigenvalue weighted by Gasteiger charge is -2.16. The Labute approximate surface area is 206 Å². The minimum Gasteiger partial charge on any atom is -0.321 e. The molecule has 4 rings (SSSR count). The lowest BCUT2D eigenvalue weighted by Crippen LogP contribution is -2.13. The fourth-order valence-corrected chi connectivity index (χ4v) is 5.69. The Kier molecular flexibility index (Phi) is 6.63. The molecule has 1 aromatic carbocycles. The summed E-state index contributed by atoms with van der Waals surface area (Å²) in [6.45, 7) is 3.92. The number of hydrogen-bond donors (Lipinski definition) is 1. The Morgan fingerprint density at radius 1 is 1.15 bits per heavy atom. The van der Waals surface area contributed by atoms with Crippen molar-refractivity contribution in [2.24, 2.45) is 0 Å². The van der Waals surface area contributed by atoms with Crippen LogP contribution in [0.1, 0.15) is 45.1 Å². The molecular formula is C25H20Cl2N4OS. The minimum atomic E-state index is -0.536. The third kappa shape index (κ3) is 4.43. The molecule has 33 heavy (non-hydrogen) atoms. The number of anilines is 1. The molecule has 0 aliphatic heterocycles. The predicted molar refractivity (Wildman–Crippen MR) is 133 cm³/mol. The normalized spacial score (nSPS) is 13.2. The fraction of sp³-hybridized carbons (Fsp3) is 0.240. The number of rotatable bonds is 4. The number of hydrogen-bond acceptors (Lipinski definition) is 4. The van der Waals surface area contributed by atoms with Crippen LogP contribution in [0.25, 0.3) is 11.8 Å². The third-order valence-electron chi connectivity index (χ3n) is 5.78. The molecule has 0 saturated heterocycles. The van der Waals surface area contributed by atoms with E-state index in [-0.39, 0.29) is 5.57 Å². The number of carbonyl (C=O) groups is 1. The Morgan fingerprint density at radius 2 is 1.91 bits per heavy atom. The van der Waals surface area contributed by atoms with Crippen LogP contribution in [0.2, 0.25) is 10.0 Å². The van der Waals surface area contributed by atoms with Crippen molar-refractivity contribution >= 4 is 52.2 Å². The maximum atomic E-state index is 12.7. The van der Waals surface area contributed by atoms with Gasteiger partial charge in [0.15, 0.2) is 0 Å². The summed E-state index contributed by atoms with van der Waals surface area (Å²) in [5.41, 5.74) is 5.20. The number of fused-ring (bicyclic) bond motifs is 1. The van der Waals surface area contributed by atoms with E-state index in [1.807, 2.05) is 26.0 Å². The lowest BCUT2D eigenvalue weighted by atomic mass is 9.97. The Hall–Kier alpha value is -3.03. The molecule has 166 valence electrons. The van der Waals surface area contributed by atoms with Crippen molar-refractivity contribution in [3.05, 3.63) is 72.2 Å². The van der Waals surface area contributed by atoms with E-state index in [9.17, 15) is 15.3 Å². The summed E-state index contributed by atoms with van der Waals surface area (Å²) < 4.78 is 2.08. The first-order chi connectivity index (χ1) is 15.8. The number of nitriles is 2. The summed E-state index contributed by atoms with van der Waals surface area (Å²) in [6.07, 6.45) is 5.81. The molecule has 0 saturated carbocycles. The van der Waals surface area contributed by atoms with Gasteiger partial charge in [-0.05, 0) is 81.0 Å². The van der Waals surface area contributed by atoms with Gasteiger partial charge < -0.3 is 9.88 Å². The lowest BCUT2D eigenvalue weighted by molar-refractivity contribution is -0.112. The Bertz CT molecular complexity index is 1380. The summed E-state index contributed by atoms with van der Waals surface area (Å²) in [5, 5.41) is 22.8. The van der Waals surface area contributed by atoms with Gasteiger partial charge in [0.25, 0.3) is 5.91 Å². The van der Waals surface area contributed by atoms with Gasteiger partial charge in [-0.2, -0.15) is 10.5 Å². The van der Waals surface area contributed by atoms with Gasteiger partial charge >= 0.3 is 0 Å². The topological polar surface area (TPSA) is 81.6 Å². The summed E-state index contributed by atoms with van der Waals surface area (Å²) in [6, 6.07) is 11.0. The van der Waals surface area contributed by atoms with Gasteiger partial charge in [-0.3, -0.25) is 4.79 Å². The van der Waals surface area contributed by atoms with E-state index in [0.29, 0.717) is 20.6 Å². The molecule has 0 bridgehead atoms. The number of nitrogens with zero attached hydrogens (tertiary/aromatic N) is 3. The van der Waals surface area contributed by atoms with E-state index >= 15 is 0 Å². The summed E-state index contributed by atoms with van der Waals surface area (Å²) in [5.74, 6) is -0.536. The smallest absolute Gasteiger partial charge is 0.266 e. The van der Waals surface area contributed by atoms with Gasteiger partial charge in [0.05, 0.1) is 15.7 Å². The van der Waals surface area contributed by atoms with E-state index in [4.69, 9.17) is 23.2 Å². The number of aromatic nitrogens is 1. The van der Waals surface area contributed by atoms with Gasteiger partial charge in [-0.15, -0.1) is 11.3 Å². The van der Waals surface area contributed by atoms with Crippen LogP contribution in [0, 0.1) is 36.5 Å². The first-order valence-corrected chi connectivity index (χ1v) is 12.0. The molecule has 1 aliphatic rings. The summed E-state index contributed by atoms with van der Waals surface area (Å²) in [4.78, 5) is 14.7. The first-order valence-electron chi connectivity index (χ1n) is 10.5. The maximum Gasteiger partial charge on any atom is 0.266 e. The van der Waals surface area contributed by atoms with Crippen molar-refractivity contribution in [2.45, 2.75) is 39.5 Å². The molecule has 1 N–H and O–H groups in total. The van der Waals surface area contributed by atoms with Gasteiger partial charge in [0, 0.05) is 22.0 Å². The quantitative estimate of drug-likeness (QED) is 0.321. The van der Waals surface area contributed by atoms with Crippen LogP contribution in [0.15, 0.2) is 29.8 Å². The molecule has 0 unspecified atom stereocenters. The van der Waals surface area contributed by atoms with Crippen LogP contribution < -0.4 is 5.32 Å². The van der Waals surface area contributed by atoms with Crippen LogP contribution in [-0.2, 0) is 17.6 Å². The van der Waals surface area contributed by atoms with Crippen molar-refractivity contribution in [1.82, 2.24) is 4.57 Å². The molecule has 5 nitrogen and oxygen atoms in total. The van der Waals surface area contributed by atoms with Crippen LogP contribution in [0.5, 0.6) is 0 Å². The molecule has 2 aromatic heterocycles. The second-order valence-electron chi connectivity index (χ2n) is 7.92. The number of halogens is 2.